The summed E-state index contributed by atoms with van der Waals surface area (Å²) in [6.07, 6.45) is 3.94. The zero-order valence-corrected chi connectivity index (χ0v) is 10.2. The van der Waals surface area contributed by atoms with Crippen LogP contribution in [-0.4, -0.2) is 13.0 Å². The van der Waals surface area contributed by atoms with Crippen molar-refractivity contribution in [2.75, 3.05) is 7.05 Å². The van der Waals surface area contributed by atoms with Crippen LogP contribution >= 0.6 is 11.6 Å². The maximum atomic E-state index is 11.6. The molecule has 0 bridgehead atoms. The molecule has 1 fully saturated rings. The molecule has 0 atom stereocenters. The predicted octanol–water partition coefficient (Wildman–Crippen LogP) is 2.80. The molecule has 2 nitrogen and oxygen atoms in total. The SMILES string of the molecule is CNC(=O)C1(CCc2ccc(Cl)cc2)CC1. The number of carbonyl (C=O) groups is 1. The number of aryl methyl sites for hydroxylation is 1. The van der Waals surface area contributed by atoms with Crippen LogP contribution in [0.4, 0.5) is 0 Å². The van der Waals surface area contributed by atoms with E-state index in [9.17, 15) is 4.79 Å². The average molecular weight is 238 g/mol. The molecule has 0 aliphatic heterocycles. The maximum absolute atomic E-state index is 11.6. The molecule has 0 heterocycles. The van der Waals surface area contributed by atoms with Gasteiger partial charge in [-0.2, -0.15) is 0 Å². The highest BCUT2D eigenvalue weighted by Gasteiger charge is 2.48. The van der Waals surface area contributed by atoms with Crippen LogP contribution in [0.1, 0.15) is 24.8 Å². The summed E-state index contributed by atoms with van der Waals surface area (Å²) in [5.41, 5.74) is 1.17. The molecule has 0 aromatic heterocycles. The van der Waals surface area contributed by atoms with E-state index in [1.54, 1.807) is 7.05 Å². The Balaban J connectivity index is 1.93. The van der Waals surface area contributed by atoms with E-state index in [0.29, 0.717) is 0 Å². The number of rotatable bonds is 4. The Morgan fingerprint density at radius 3 is 2.50 bits per heavy atom. The second-order valence-electron chi connectivity index (χ2n) is 4.49. The van der Waals surface area contributed by atoms with Crippen LogP contribution in [-0.2, 0) is 11.2 Å². The van der Waals surface area contributed by atoms with Crippen LogP contribution in [0.2, 0.25) is 5.02 Å². The van der Waals surface area contributed by atoms with Gasteiger partial charge in [0.1, 0.15) is 0 Å². The van der Waals surface area contributed by atoms with Crippen LogP contribution < -0.4 is 5.32 Å². The van der Waals surface area contributed by atoms with Crippen molar-refractivity contribution in [1.29, 1.82) is 0 Å². The van der Waals surface area contributed by atoms with Crippen LogP contribution in [0.3, 0.4) is 0 Å². The minimum Gasteiger partial charge on any atom is -0.359 e. The Labute approximate surface area is 101 Å². The number of carbonyl (C=O) groups excluding carboxylic acids is 1. The van der Waals surface area contributed by atoms with Crippen LogP contribution in [0, 0.1) is 5.41 Å². The Morgan fingerprint density at radius 2 is 2.00 bits per heavy atom. The molecular formula is C13H16ClNO. The molecule has 1 amide bonds. The zero-order chi connectivity index (χ0) is 11.6. The molecule has 1 aliphatic carbocycles. The normalized spacial score (nSPS) is 16.9. The van der Waals surface area contributed by atoms with Gasteiger partial charge in [-0.3, -0.25) is 4.79 Å². The van der Waals surface area contributed by atoms with Crippen molar-refractivity contribution in [1.82, 2.24) is 5.32 Å². The second-order valence-corrected chi connectivity index (χ2v) is 4.92. The lowest BCUT2D eigenvalue weighted by molar-refractivity contribution is -0.126. The van der Waals surface area contributed by atoms with Crippen molar-refractivity contribution in [2.24, 2.45) is 5.41 Å². The summed E-state index contributed by atoms with van der Waals surface area (Å²) in [6.45, 7) is 0. The Hall–Kier alpha value is -1.02. The van der Waals surface area contributed by atoms with Crippen molar-refractivity contribution >= 4 is 17.5 Å². The fraction of sp³-hybridized carbons (Fsp3) is 0.462. The zero-order valence-electron chi connectivity index (χ0n) is 9.42. The number of benzene rings is 1. The van der Waals surface area contributed by atoms with Crippen molar-refractivity contribution in [3.05, 3.63) is 34.9 Å². The van der Waals surface area contributed by atoms with Gasteiger partial charge in [0.15, 0.2) is 0 Å². The predicted molar refractivity (Wildman–Crippen MR) is 65.5 cm³/mol. The van der Waals surface area contributed by atoms with E-state index in [2.05, 4.69) is 5.32 Å². The van der Waals surface area contributed by atoms with Crippen molar-refractivity contribution in [2.45, 2.75) is 25.7 Å². The summed E-state index contributed by atoms with van der Waals surface area (Å²) in [7, 11) is 1.71. The lowest BCUT2D eigenvalue weighted by Gasteiger charge is -2.12. The molecule has 1 saturated carbocycles. The molecule has 1 aromatic carbocycles. The second kappa shape index (κ2) is 4.46. The molecule has 0 radical (unpaired) electrons. The molecule has 1 aromatic rings. The number of amides is 1. The Morgan fingerprint density at radius 1 is 1.38 bits per heavy atom. The number of nitrogens with one attached hydrogen (secondary N) is 1. The van der Waals surface area contributed by atoms with Gasteiger partial charge in [0.2, 0.25) is 5.91 Å². The molecular weight excluding hydrogens is 222 g/mol. The molecule has 0 saturated heterocycles. The number of hydrogen-bond acceptors (Lipinski definition) is 1. The van der Waals surface area contributed by atoms with Gasteiger partial charge in [-0.05, 0) is 43.4 Å². The smallest absolute Gasteiger partial charge is 0.225 e. The third-order valence-corrected chi connectivity index (χ3v) is 3.62. The molecule has 16 heavy (non-hydrogen) atoms. The maximum Gasteiger partial charge on any atom is 0.225 e. The minimum atomic E-state index is -0.0750. The van der Waals surface area contributed by atoms with Crippen LogP contribution in [0.25, 0.3) is 0 Å². The lowest BCUT2D eigenvalue weighted by Crippen LogP contribution is -2.29. The first-order valence-corrected chi connectivity index (χ1v) is 6.01. The van der Waals surface area contributed by atoms with Crippen molar-refractivity contribution < 1.29 is 4.79 Å². The quantitative estimate of drug-likeness (QED) is 0.857. The van der Waals surface area contributed by atoms with E-state index in [1.807, 2.05) is 24.3 Å². The Bertz CT molecular complexity index is 381. The third kappa shape index (κ3) is 2.38. The summed E-state index contributed by atoms with van der Waals surface area (Å²) >= 11 is 5.82. The first kappa shape index (κ1) is 11.5. The molecule has 86 valence electrons. The van der Waals surface area contributed by atoms with Gasteiger partial charge in [-0.15, -0.1) is 0 Å². The third-order valence-electron chi connectivity index (χ3n) is 3.37. The molecule has 1 aliphatic rings. The first-order chi connectivity index (χ1) is 7.66. The number of hydrogen-bond donors (Lipinski definition) is 1. The van der Waals surface area contributed by atoms with Gasteiger partial charge < -0.3 is 5.32 Å². The fourth-order valence-electron chi connectivity index (χ4n) is 2.04. The topological polar surface area (TPSA) is 29.1 Å². The molecule has 2 rings (SSSR count). The van der Waals surface area contributed by atoms with E-state index in [-0.39, 0.29) is 11.3 Å². The van der Waals surface area contributed by atoms with Crippen molar-refractivity contribution in [3.63, 3.8) is 0 Å². The molecule has 1 N–H and O–H groups in total. The van der Waals surface area contributed by atoms with Crippen LogP contribution in [0.5, 0.6) is 0 Å². The fourth-order valence-corrected chi connectivity index (χ4v) is 2.17. The summed E-state index contributed by atoms with van der Waals surface area (Å²) in [6, 6.07) is 7.86. The Kier molecular flexibility index (Phi) is 3.20. The van der Waals surface area contributed by atoms with Gasteiger partial charge in [0.05, 0.1) is 0 Å². The van der Waals surface area contributed by atoms with Gasteiger partial charge in [0.25, 0.3) is 0 Å². The standard InChI is InChI=1S/C13H16ClNO/c1-15-12(16)13(8-9-13)7-6-10-2-4-11(14)5-3-10/h2-5H,6-9H2,1H3,(H,15,16). The van der Waals surface area contributed by atoms with Gasteiger partial charge in [-0.25, -0.2) is 0 Å². The molecule has 0 unspecified atom stereocenters. The first-order valence-electron chi connectivity index (χ1n) is 5.63. The lowest BCUT2D eigenvalue weighted by atomic mass is 9.96. The van der Waals surface area contributed by atoms with E-state index < -0.39 is 0 Å². The molecule has 3 heteroatoms. The summed E-state index contributed by atoms with van der Waals surface area (Å²) in [4.78, 5) is 11.6. The highest BCUT2D eigenvalue weighted by molar-refractivity contribution is 6.30. The molecule has 0 spiro atoms. The van der Waals surface area contributed by atoms with Gasteiger partial charge in [-0.1, -0.05) is 23.7 Å². The van der Waals surface area contributed by atoms with Crippen molar-refractivity contribution in [3.8, 4) is 0 Å². The van der Waals surface area contributed by atoms with Gasteiger partial charge in [0, 0.05) is 17.5 Å². The highest BCUT2D eigenvalue weighted by Crippen LogP contribution is 2.49. The monoisotopic (exact) mass is 237 g/mol. The van der Waals surface area contributed by atoms with E-state index >= 15 is 0 Å². The van der Waals surface area contributed by atoms with E-state index in [1.165, 1.54) is 5.56 Å². The number of halogens is 1. The van der Waals surface area contributed by atoms with E-state index in [4.69, 9.17) is 11.6 Å². The minimum absolute atomic E-state index is 0.0750. The van der Waals surface area contributed by atoms with E-state index in [0.717, 1.165) is 30.7 Å². The average Bonchev–Trinajstić information content (AvgIpc) is 3.08. The summed E-state index contributed by atoms with van der Waals surface area (Å²) in [5, 5.41) is 3.51. The van der Waals surface area contributed by atoms with Crippen LogP contribution in [0.15, 0.2) is 24.3 Å². The summed E-state index contributed by atoms with van der Waals surface area (Å²) in [5.74, 6) is 0.196. The largest absolute Gasteiger partial charge is 0.359 e. The summed E-state index contributed by atoms with van der Waals surface area (Å²) < 4.78 is 0. The van der Waals surface area contributed by atoms with Gasteiger partial charge >= 0.3 is 0 Å². The highest BCUT2D eigenvalue weighted by atomic mass is 35.5.